The summed E-state index contributed by atoms with van der Waals surface area (Å²) in [7, 11) is 1.79. The predicted octanol–water partition coefficient (Wildman–Crippen LogP) is 0.112. The molecule has 1 aliphatic rings. The van der Waals surface area contributed by atoms with Crippen LogP contribution in [0.4, 0.5) is 0 Å². The zero-order valence-electron chi connectivity index (χ0n) is 11.0. The molecule has 0 saturated carbocycles. The Balaban J connectivity index is 2.26. The summed E-state index contributed by atoms with van der Waals surface area (Å²) in [4.78, 5) is 24.9. The summed E-state index contributed by atoms with van der Waals surface area (Å²) in [5.41, 5.74) is 0. The number of nitrogens with one attached hydrogen (secondary N) is 2. The van der Waals surface area contributed by atoms with Gasteiger partial charge in [-0.05, 0) is 19.3 Å². The molecule has 98 valence electrons. The number of carbonyl (C=O) groups excluding carboxylic acids is 2. The zero-order chi connectivity index (χ0) is 12.8. The minimum atomic E-state index is -0.188. The van der Waals surface area contributed by atoms with E-state index < -0.39 is 0 Å². The van der Waals surface area contributed by atoms with Crippen molar-refractivity contribution in [3.8, 4) is 0 Å². The molecule has 0 bridgehead atoms. The average molecular weight is 241 g/mol. The van der Waals surface area contributed by atoms with Crippen LogP contribution in [0.25, 0.3) is 0 Å². The SMILES string of the molecule is CCC(CC)NC(=O)CNC1CCN(C)C1=O. The molecular weight excluding hydrogens is 218 g/mol. The third-order valence-electron chi connectivity index (χ3n) is 3.29. The number of hydrogen-bond acceptors (Lipinski definition) is 3. The maximum atomic E-state index is 11.6. The summed E-state index contributed by atoms with van der Waals surface area (Å²) in [6, 6.07) is 0.0544. The quantitative estimate of drug-likeness (QED) is 0.694. The Morgan fingerprint density at radius 3 is 2.59 bits per heavy atom. The van der Waals surface area contributed by atoms with Crippen molar-refractivity contribution in [2.75, 3.05) is 20.1 Å². The summed E-state index contributed by atoms with van der Waals surface area (Å²) in [6.45, 7) is 5.10. The Morgan fingerprint density at radius 2 is 2.12 bits per heavy atom. The van der Waals surface area contributed by atoms with Crippen LogP contribution in [0.5, 0.6) is 0 Å². The summed E-state index contributed by atoms with van der Waals surface area (Å²) in [6.07, 6.45) is 2.66. The highest BCUT2D eigenvalue weighted by Gasteiger charge is 2.28. The first-order chi connectivity index (χ1) is 8.08. The summed E-state index contributed by atoms with van der Waals surface area (Å²) in [5.74, 6) is 0.0568. The van der Waals surface area contributed by atoms with Crippen molar-refractivity contribution in [3.63, 3.8) is 0 Å². The lowest BCUT2D eigenvalue weighted by Crippen LogP contribution is -2.45. The van der Waals surface area contributed by atoms with Crippen molar-refractivity contribution in [2.24, 2.45) is 0 Å². The average Bonchev–Trinajstić information content (AvgIpc) is 2.64. The van der Waals surface area contributed by atoms with Gasteiger partial charge in [-0.25, -0.2) is 0 Å². The molecule has 0 radical (unpaired) electrons. The largest absolute Gasteiger partial charge is 0.352 e. The monoisotopic (exact) mass is 241 g/mol. The van der Waals surface area contributed by atoms with Crippen LogP contribution in [0.15, 0.2) is 0 Å². The summed E-state index contributed by atoms with van der Waals surface area (Å²) in [5, 5.41) is 5.95. The van der Waals surface area contributed by atoms with Gasteiger partial charge in [-0.1, -0.05) is 13.8 Å². The van der Waals surface area contributed by atoms with E-state index in [1.165, 1.54) is 0 Å². The highest BCUT2D eigenvalue weighted by atomic mass is 16.2. The number of hydrogen-bond donors (Lipinski definition) is 2. The fourth-order valence-corrected chi connectivity index (χ4v) is 2.00. The van der Waals surface area contributed by atoms with Crippen molar-refractivity contribution in [3.05, 3.63) is 0 Å². The van der Waals surface area contributed by atoms with Crippen LogP contribution in [-0.4, -0.2) is 48.9 Å². The molecule has 5 heteroatoms. The molecule has 0 aromatic carbocycles. The number of likely N-dealkylation sites (N-methyl/N-ethyl adjacent to an activating group) is 1. The van der Waals surface area contributed by atoms with Gasteiger partial charge in [-0.3, -0.25) is 14.9 Å². The zero-order valence-corrected chi connectivity index (χ0v) is 11.0. The van der Waals surface area contributed by atoms with Crippen LogP contribution >= 0.6 is 0 Å². The number of likely N-dealkylation sites (tertiary alicyclic amines) is 1. The molecule has 1 atom stereocenters. The molecule has 17 heavy (non-hydrogen) atoms. The van der Waals surface area contributed by atoms with Crippen molar-refractivity contribution in [1.29, 1.82) is 0 Å². The van der Waals surface area contributed by atoms with E-state index in [2.05, 4.69) is 24.5 Å². The molecule has 1 aliphatic heterocycles. The maximum absolute atomic E-state index is 11.6. The molecule has 0 aliphatic carbocycles. The molecule has 1 saturated heterocycles. The first-order valence-corrected chi connectivity index (χ1v) is 6.36. The Kier molecular flexibility index (Phi) is 5.41. The second kappa shape index (κ2) is 6.59. The van der Waals surface area contributed by atoms with Gasteiger partial charge in [0.15, 0.2) is 0 Å². The molecule has 0 aromatic rings. The predicted molar refractivity (Wildman–Crippen MR) is 66.6 cm³/mol. The lowest BCUT2D eigenvalue weighted by Gasteiger charge is -2.16. The lowest BCUT2D eigenvalue weighted by atomic mass is 10.2. The van der Waals surface area contributed by atoms with E-state index in [0.29, 0.717) is 0 Å². The Bertz CT molecular complexity index is 277. The molecular formula is C12H23N3O2. The van der Waals surface area contributed by atoms with Crippen molar-refractivity contribution in [1.82, 2.24) is 15.5 Å². The molecule has 0 spiro atoms. The number of nitrogens with zero attached hydrogens (tertiary/aromatic N) is 1. The van der Waals surface area contributed by atoms with Crippen LogP contribution < -0.4 is 10.6 Å². The van der Waals surface area contributed by atoms with Gasteiger partial charge < -0.3 is 10.2 Å². The summed E-state index contributed by atoms with van der Waals surface area (Å²) < 4.78 is 0. The molecule has 0 aromatic heterocycles. The second-order valence-electron chi connectivity index (χ2n) is 4.56. The van der Waals surface area contributed by atoms with Gasteiger partial charge in [0.2, 0.25) is 11.8 Å². The van der Waals surface area contributed by atoms with E-state index in [1.54, 1.807) is 11.9 Å². The fraction of sp³-hybridized carbons (Fsp3) is 0.833. The lowest BCUT2D eigenvalue weighted by molar-refractivity contribution is -0.128. The van der Waals surface area contributed by atoms with Crippen LogP contribution in [0.3, 0.4) is 0 Å². The van der Waals surface area contributed by atoms with Gasteiger partial charge in [-0.2, -0.15) is 0 Å². The van der Waals surface area contributed by atoms with Crippen LogP contribution in [0.1, 0.15) is 33.1 Å². The first-order valence-electron chi connectivity index (χ1n) is 6.36. The van der Waals surface area contributed by atoms with Crippen LogP contribution in [0, 0.1) is 0 Å². The highest BCUT2D eigenvalue weighted by molar-refractivity contribution is 5.85. The van der Waals surface area contributed by atoms with Crippen LogP contribution in [-0.2, 0) is 9.59 Å². The number of carbonyl (C=O) groups is 2. The van der Waals surface area contributed by atoms with Crippen molar-refractivity contribution >= 4 is 11.8 Å². The van der Waals surface area contributed by atoms with Crippen molar-refractivity contribution in [2.45, 2.75) is 45.2 Å². The second-order valence-corrected chi connectivity index (χ2v) is 4.56. The van der Waals surface area contributed by atoms with E-state index in [4.69, 9.17) is 0 Å². The molecule has 2 N–H and O–H groups in total. The van der Waals surface area contributed by atoms with Gasteiger partial charge in [-0.15, -0.1) is 0 Å². The van der Waals surface area contributed by atoms with E-state index in [9.17, 15) is 9.59 Å². The van der Waals surface area contributed by atoms with Gasteiger partial charge in [0.1, 0.15) is 0 Å². The van der Waals surface area contributed by atoms with Crippen molar-refractivity contribution < 1.29 is 9.59 Å². The standard InChI is InChI=1S/C12H23N3O2/c1-4-9(5-2)14-11(16)8-13-10-6-7-15(3)12(10)17/h9-10,13H,4-8H2,1-3H3,(H,14,16). The third kappa shape index (κ3) is 4.00. The topological polar surface area (TPSA) is 61.4 Å². The molecule has 1 rings (SSSR count). The van der Waals surface area contributed by atoms with E-state index in [0.717, 1.165) is 25.8 Å². The Hall–Kier alpha value is -1.10. The fourth-order valence-electron chi connectivity index (χ4n) is 2.00. The van der Waals surface area contributed by atoms with E-state index >= 15 is 0 Å². The van der Waals surface area contributed by atoms with E-state index in [-0.39, 0.29) is 30.4 Å². The maximum Gasteiger partial charge on any atom is 0.239 e. The van der Waals surface area contributed by atoms with Crippen LogP contribution in [0.2, 0.25) is 0 Å². The number of amides is 2. The molecule has 1 heterocycles. The Labute approximate surface area is 103 Å². The molecule has 2 amide bonds. The summed E-state index contributed by atoms with van der Waals surface area (Å²) >= 11 is 0. The first kappa shape index (κ1) is 14.0. The molecule has 1 unspecified atom stereocenters. The minimum absolute atomic E-state index is 0.0268. The highest BCUT2D eigenvalue weighted by Crippen LogP contribution is 2.07. The van der Waals surface area contributed by atoms with Gasteiger partial charge in [0, 0.05) is 19.6 Å². The molecule has 5 nitrogen and oxygen atoms in total. The normalized spacial score (nSPS) is 20.1. The number of rotatable bonds is 6. The molecule has 1 fully saturated rings. The van der Waals surface area contributed by atoms with Gasteiger partial charge >= 0.3 is 0 Å². The minimum Gasteiger partial charge on any atom is -0.352 e. The van der Waals surface area contributed by atoms with Gasteiger partial charge in [0.25, 0.3) is 0 Å². The Morgan fingerprint density at radius 1 is 1.47 bits per heavy atom. The van der Waals surface area contributed by atoms with Gasteiger partial charge in [0.05, 0.1) is 12.6 Å². The van der Waals surface area contributed by atoms with E-state index in [1.807, 2.05) is 0 Å². The third-order valence-corrected chi connectivity index (χ3v) is 3.29. The smallest absolute Gasteiger partial charge is 0.239 e.